The fraction of sp³-hybridized carbons (Fsp3) is 0.387. The molecule has 0 saturated carbocycles. The highest BCUT2D eigenvalue weighted by atomic mass is 35.5. The van der Waals surface area contributed by atoms with E-state index in [1.165, 1.54) is 25.1 Å². The van der Waals surface area contributed by atoms with Gasteiger partial charge in [0.2, 0.25) is 5.91 Å². The van der Waals surface area contributed by atoms with E-state index in [2.05, 4.69) is 4.99 Å². The molecule has 2 atom stereocenters. The van der Waals surface area contributed by atoms with Gasteiger partial charge in [0.15, 0.2) is 0 Å². The number of allylic oxidation sites excluding steroid dienone is 3. The van der Waals surface area contributed by atoms with Crippen LogP contribution in [0.5, 0.6) is 5.75 Å². The smallest absolute Gasteiger partial charge is 0.389 e. The molecule has 2 aromatic carbocycles. The van der Waals surface area contributed by atoms with Crippen LogP contribution in [0.2, 0.25) is 5.02 Å². The lowest BCUT2D eigenvalue weighted by Gasteiger charge is -2.31. The first kappa shape index (κ1) is 34.1. The van der Waals surface area contributed by atoms with Gasteiger partial charge in [0, 0.05) is 46.6 Å². The molecule has 0 aliphatic carbocycles. The summed E-state index contributed by atoms with van der Waals surface area (Å²) in [6.45, 7) is 7.24. The number of ether oxygens (including phenoxy) is 1. The van der Waals surface area contributed by atoms with Crippen LogP contribution in [0, 0.1) is 0 Å². The molecule has 2 rings (SSSR count). The Labute approximate surface area is 249 Å². The lowest BCUT2D eigenvalue weighted by atomic mass is 9.83. The number of aliphatic imine (C=N–C) groups is 1. The van der Waals surface area contributed by atoms with Crippen molar-refractivity contribution in [1.82, 2.24) is 0 Å². The maximum Gasteiger partial charge on any atom is 0.389 e. The Balaban J connectivity index is 2.62. The first-order valence-electron chi connectivity index (χ1n) is 13.2. The molecule has 2 N–H and O–H groups in total. The minimum absolute atomic E-state index is 0.0390. The van der Waals surface area contributed by atoms with E-state index in [1.807, 2.05) is 13.8 Å². The molecular weight excluding hydrogens is 576 g/mol. The van der Waals surface area contributed by atoms with E-state index in [1.54, 1.807) is 43.3 Å². The van der Waals surface area contributed by atoms with Gasteiger partial charge < -0.3 is 10.5 Å². The zero-order valence-corrected chi connectivity index (χ0v) is 25.0. The first-order chi connectivity index (χ1) is 19.2. The summed E-state index contributed by atoms with van der Waals surface area (Å²) in [5, 5.41) is 0.688. The van der Waals surface area contributed by atoms with E-state index in [-0.39, 0.29) is 28.5 Å². The summed E-state index contributed by atoms with van der Waals surface area (Å²) < 4.78 is 46.9. The molecule has 1 amide bonds. The van der Waals surface area contributed by atoms with Crippen LogP contribution < -0.4 is 10.5 Å². The summed E-state index contributed by atoms with van der Waals surface area (Å²) in [6.07, 6.45) is -2.35. The first-order valence-corrected chi connectivity index (χ1v) is 13.9. The molecule has 0 spiro atoms. The van der Waals surface area contributed by atoms with E-state index >= 15 is 0 Å². The number of Topliss-reactive ketones (excluding diaryl/α,β-unsaturated/α-hetero) is 1. The van der Waals surface area contributed by atoms with Gasteiger partial charge in [0.1, 0.15) is 17.6 Å². The number of carbonyl (C=O) groups is 2. The molecule has 10 heteroatoms. The number of alkyl halides is 3. The molecule has 0 aliphatic heterocycles. The molecule has 0 radical (unpaired) electrons. The third-order valence-corrected chi connectivity index (χ3v) is 6.74. The van der Waals surface area contributed by atoms with Crippen LogP contribution in [0.15, 0.2) is 70.2 Å². The van der Waals surface area contributed by atoms with Crippen LogP contribution in [0.25, 0.3) is 0 Å². The van der Waals surface area contributed by atoms with E-state index in [4.69, 9.17) is 33.7 Å². The monoisotopic (exact) mass is 610 g/mol. The molecular formula is C31H35Cl2F3N2O3. The van der Waals surface area contributed by atoms with Gasteiger partial charge in [-0.25, -0.2) is 0 Å². The topological polar surface area (TPSA) is 81.8 Å². The number of amides is 1. The second-order valence-corrected chi connectivity index (χ2v) is 10.8. The van der Waals surface area contributed by atoms with Crippen LogP contribution in [0.1, 0.15) is 80.8 Å². The Bertz CT molecular complexity index is 1300. The average Bonchev–Trinajstić information content (AvgIpc) is 2.87. The van der Waals surface area contributed by atoms with Gasteiger partial charge in [-0.3, -0.25) is 14.6 Å². The normalized spacial score (nSPS) is 14.5. The molecule has 5 nitrogen and oxygen atoms in total. The van der Waals surface area contributed by atoms with E-state index in [9.17, 15) is 22.8 Å². The molecule has 0 saturated heterocycles. The number of carbonyl (C=O) groups excluding carboxylic acids is 2. The highest BCUT2D eigenvalue weighted by Gasteiger charge is 2.34. The van der Waals surface area contributed by atoms with Gasteiger partial charge in [-0.2, -0.15) is 13.2 Å². The standard InChI is InChI=1S/C31H35Cl2F3N2O3/c1-5-22(7-6-19(2)32)29(41-27-17-25(30(37)40)16-26(33)18-27)28(12-14-31(34,35)36)24-10-8-23(9-11-24)21(4)38-15-13-20(3)39/h6-11,16-18,28-29H,5,12-15H2,1-4H3,(H2,37,40). The summed E-state index contributed by atoms with van der Waals surface area (Å²) in [7, 11) is 0. The van der Waals surface area contributed by atoms with Crippen LogP contribution in [-0.2, 0) is 4.79 Å². The Morgan fingerprint density at radius 1 is 1.05 bits per heavy atom. The van der Waals surface area contributed by atoms with Crippen molar-refractivity contribution in [2.24, 2.45) is 10.7 Å². The van der Waals surface area contributed by atoms with Crippen molar-refractivity contribution < 1.29 is 27.5 Å². The van der Waals surface area contributed by atoms with E-state index in [0.29, 0.717) is 41.3 Å². The fourth-order valence-corrected chi connectivity index (χ4v) is 4.52. The number of ketones is 1. The van der Waals surface area contributed by atoms with Crippen molar-refractivity contribution in [2.75, 3.05) is 6.54 Å². The number of nitrogens with two attached hydrogens (primary N) is 1. The number of hydrogen-bond acceptors (Lipinski definition) is 4. The van der Waals surface area contributed by atoms with Crippen molar-refractivity contribution in [3.05, 3.63) is 86.9 Å². The summed E-state index contributed by atoms with van der Waals surface area (Å²) in [4.78, 5) is 27.5. The van der Waals surface area contributed by atoms with Crippen molar-refractivity contribution in [3.63, 3.8) is 0 Å². The lowest BCUT2D eigenvalue weighted by molar-refractivity contribution is -0.137. The third kappa shape index (κ3) is 11.7. The Morgan fingerprint density at radius 2 is 1.71 bits per heavy atom. The fourth-order valence-electron chi connectivity index (χ4n) is 4.23. The molecule has 0 aliphatic rings. The van der Waals surface area contributed by atoms with Crippen LogP contribution in [0.4, 0.5) is 13.2 Å². The van der Waals surface area contributed by atoms with E-state index in [0.717, 1.165) is 5.56 Å². The SMILES string of the molecule is CCC(=CC=C(C)Cl)C(Oc1cc(Cl)cc(C(N)=O)c1)C(CCC(F)(F)F)c1ccc(C(C)=NCCC(C)=O)cc1. The minimum atomic E-state index is -4.39. The van der Waals surface area contributed by atoms with Gasteiger partial charge in [0.25, 0.3) is 0 Å². The second kappa shape index (κ2) is 15.8. The van der Waals surface area contributed by atoms with Gasteiger partial charge in [-0.1, -0.05) is 60.5 Å². The van der Waals surface area contributed by atoms with Crippen molar-refractivity contribution in [1.29, 1.82) is 0 Å². The quantitative estimate of drug-likeness (QED) is 0.172. The van der Waals surface area contributed by atoms with Crippen molar-refractivity contribution in [3.8, 4) is 5.75 Å². The molecule has 222 valence electrons. The number of hydrogen-bond donors (Lipinski definition) is 1. The van der Waals surface area contributed by atoms with Crippen LogP contribution in [-0.4, -0.2) is 36.2 Å². The summed E-state index contributed by atoms with van der Waals surface area (Å²) in [5.74, 6) is -1.21. The number of rotatable bonds is 14. The second-order valence-electron chi connectivity index (χ2n) is 9.73. The van der Waals surface area contributed by atoms with E-state index < -0.39 is 30.5 Å². The molecule has 0 aromatic heterocycles. The van der Waals surface area contributed by atoms with Gasteiger partial charge in [-0.05, 0) is 74.6 Å². The summed E-state index contributed by atoms with van der Waals surface area (Å²) >= 11 is 12.3. The highest BCUT2D eigenvalue weighted by Crippen LogP contribution is 2.37. The van der Waals surface area contributed by atoms with Crippen molar-refractivity contribution in [2.45, 2.75) is 71.6 Å². The number of halogens is 5. The zero-order chi connectivity index (χ0) is 30.7. The molecule has 2 aromatic rings. The Hall–Kier alpha value is -3.10. The minimum Gasteiger partial charge on any atom is -0.485 e. The molecule has 0 heterocycles. The third-order valence-electron chi connectivity index (χ3n) is 6.39. The Morgan fingerprint density at radius 3 is 2.24 bits per heavy atom. The van der Waals surface area contributed by atoms with Crippen LogP contribution >= 0.6 is 23.2 Å². The highest BCUT2D eigenvalue weighted by molar-refractivity contribution is 6.31. The Kier molecular flexibility index (Phi) is 13.1. The average molecular weight is 612 g/mol. The predicted molar refractivity (Wildman–Crippen MR) is 159 cm³/mol. The van der Waals surface area contributed by atoms with Gasteiger partial charge in [0.05, 0.1) is 0 Å². The molecule has 2 unspecified atom stereocenters. The maximum absolute atomic E-state index is 13.5. The number of nitrogens with zero attached hydrogens (tertiary/aromatic N) is 1. The van der Waals surface area contributed by atoms with Crippen LogP contribution in [0.3, 0.4) is 0 Å². The maximum atomic E-state index is 13.5. The van der Waals surface area contributed by atoms with Crippen molar-refractivity contribution >= 4 is 40.6 Å². The number of primary amides is 1. The molecule has 0 fully saturated rings. The largest absolute Gasteiger partial charge is 0.485 e. The molecule has 0 bridgehead atoms. The zero-order valence-electron chi connectivity index (χ0n) is 23.5. The predicted octanol–water partition coefficient (Wildman–Crippen LogP) is 8.58. The summed E-state index contributed by atoms with van der Waals surface area (Å²) in [5.41, 5.74) is 8.38. The summed E-state index contributed by atoms with van der Waals surface area (Å²) in [6, 6.07) is 11.4. The lowest BCUT2D eigenvalue weighted by Crippen LogP contribution is -2.29. The van der Waals surface area contributed by atoms with Gasteiger partial charge in [-0.15, -0.1) is 0 Å². The number of benzene rings is 2. The van der Waals surface area contributed by atoms with Gasteiger partial charge >= 0.3 is 6.18 Å². The molecule has 41 heavy (non-hydrogen) atoms.